The summed E-state index contributed by atoms with van der Waals surface area (Å²) < 4.78 is 3.04. The van der Waals surface area contributed by atoms with Crippen molar-refractivity contribution in [3.05, 3.63) is 69.9 Å². The van der Waals surface area contributed by atoms with Gasteiger partial charge in [-0.2, -0.15) is 0 Å². The number of aliphatic hydroxyl groups excluding tert-OH is 1. The molecule has 3 rings (SSSR count). The van der Waals surface area contributed by atoms with E-state index >= 15 is 0 Å². The van der Waals surface area contributed by atoms with Crippen molar-refractivity contribution in [2.24, 2.45) is 0 Å². The fourth-order valence-electron chi connectivity index (χ4n) is 2.35. The summed E-state index contributed by atoms with van der Waals surface area (Å²) in [5, 5.41) is 27.9. The first-order chi connectivity index (χ1) is 12.2. The van der Waals surface area contributed by atoms with Crippen LogP contribution < -0.4 is 0 Å². The molecule has 0 fully saturated rings. The molecule has 0 atom stereocenters. The quantitative estimate of drug-likeness (QED) is 0.518. The maximum Gasteiger partial charge on any atom is 0.343 e. The van der Waals surface area contributed by atoms with Crippen LogP contribution in [0, 0.1) is 10.1 Å². The molecule has 0 amide bonds. The number of benzene rings is 1. The summed E-state index contributed by atoms with van der Waals surface area (Å²) >= 11 is 0. The van der Waals surface area contributed by atoms with Gasteiger partial charge in [-0.3, -0.25) is 0 Å². The first-order valence-corrected chi connectivity index (χ1v) is 7.60. The Bertz CT molecular complexity index is 884. The molecule has 0 unspecified atom stereocenters. The first kappa shape index (κ1) is 16.5. The summed E-state index contributed by atoms with van der Waals surface area (Å²) in [4.78, 5) is 14.9. The molecule has 1 N–H and O–H groups in total. The van der Waals surface area contributed by atoms with Gasteiger partial charge in [-0.25, -0.2) is 14.2 Å². The zero-order valence-corrected chi connectivity index (χ0v) is 13.3. The molecule has 2 heterocycles. The highest BCUT2D eigenvalue weighted by molar-refractivity contribution is 5.67. The van der Waals surface area contributed by atoms with Crippen molar-refractivity contribution in [1.29, 1.82) is 0 Å². The Morgan fingerprint density at radius 2 is 2.00 bits per heavy atom. The second-order valence-corrected chi connectivity index (χ2v) is 5.26. The molecule has 0 bridgehead atoms. The van der Waals surface area contributed by atoms with Gasteiger partial charge >= 0.3 is 5.82 Å². The van der Waals surface area contributed by atoms with Crippen molar-refractivity contribution in [2.45, 2.75) is 19.7 Å². The van der Waals surface area contributed by atoms with Gasteiger partial charge in [0.2, 0.25) is 5.82 Å². The van der Waals surface area contributed by atoms with Crippen LogP contribution in [0.2, 0.25) is 0 Å². The highest BCUT2D eigenvalue weighted by Crippen LogP contribution is 2.17. The average molecular weight is 340 g/mol. The summed E-state index contributed by atoms with van der Waals surface area (Å²) in [6, 6.07) is 9.62. The van der Waals surface area contributed by atoms with Crippen LogP contribution in [0.5, 0.6) is 0 Å². The molecule has 0 aliphatic carbocycles. The number of hydrogen-bond donors (Lipinski definition) is 1. The molecule has 0 saturated carbocycles. The van der Waals surface area contributed by atoms with Crippen molar-refractivity contribution in [3.63, 3.8) is 0 Å². The largest absolute Gasteiger partial charge is 0.390 e. The molecule has 0 spiro atoms. The number of aliphatic hydroxyl groups is 1. The summed E-state index contributed by atoms with van der Waals surface area (Å²) in [7, 11) is 0. The maximum atomic E-state index is 11.2. The van der Waals surface area contributed by atoms with Gasteiger partial charge in [0.1, 0.15) is 18.4 Å². The molecule has 9 heteroatoms. The fourth-order valence-corrected chi connectivity index (χ4v) is 2.35. The molecule has 0 saturated heterocycles. The van der Waals surface area contributed by atoms with Gasteiger partial charge in [-0.1, -0.05) is 35.5 Å². The summed E-state index contributed by atoms with van der Waals surface area (Å²) in [5.41, 5.74) is 1.42. The number of nitro groups is 1. The van der Waals surface area contributed by atoms with Crippen molar-refractivity contribution in [2.75, 3.05) is 0 Å². The molecule has 1 aromatic carbocycles. The number of hydrogen-bond acceptors (Lipinski definition) is 6. The number of rotatable bonds is 7. The van der Waals surface area contributed by atoms with E-state index in [1.807, 2.05) is 36.4 Å². The molecule has 0 radical (unpaired) electrons. The van der Waals surface area contributed by atoms with Crippen LogP contribution in [0.25, 0.3) is 12.2 Å². The van der Waals surface area contributed by atoms with Gasteiger partial charge in [0.15, 0.2) is 0 Å². The lowest BCUT2D eigenvalue weighted by Crippen LogP contribution is -2.11. The summed E-state index contributed by atoms with van der Waals surface area (Å²) in [5.74, 6) is 0.397. The van der Waals surface area contributed by atoms with Gasteiger partial charge in [0.05, 0.1) is 19.3 Å². The number of aryl methyl sites for hydroxylation is 1. The SMILES string of the molecule is O=[N+]([O-])c1cnc(/C=C/c2ccccc2)n1CCn1cc(CO)nn1. The van der Waals surface area contributed by atoms with Crippen molar-refractivity contribution >= 4 is 18.0 Å². The fraction of sp³-hybridized carbons (Fsp3) is 0.188. The normalized spacial score (nSPS) is 11.2. The Labute approximate surface area is 143 Å². The Morgan fingerprint density at radius 3 is 2.68 bits per heavy atom. The van der Waals surface area contributed by atoms with Crippen LogP contribution in [0.4, 0.5) is 5.82 Å². The predicted octanol–water partition coefficient (Wildman–Crippen LogP) is 1.75. The lowest BCUT2D eigenvalue weighted by atomic mass is 10.2. The number of nitrogens with zero attached hydrogens (tertiary/aromatic N) is 6. The second-order valence-electron chi connectivity index (χ2n) is 5.26. The van der Waals surface area contributed by atoms with Crippen LogP contribution in [0.3, 0.4) is 0 Å². The summed E-state index contributed by atoms with van der Waals surface area (Å²) in [6.07, 6.45) is 6.43. The van der Waals surface area contributed by atoms with Crippen LogP contribution in [-0.4, -0.2) is 34.6 Å². The van der Waals surface area contributed by atoms with Gasteiger partial charge in [0, 0.05) is 6.08 Å². The molecule has 0 aliphatic rings. The molecule has 0 aliphatic heterocycles. The number of imidazole rings is 1. The highest BCUT2D eigenvalue weighted by atomic mass is 16.6. The minimum Gasteiger partial charge on any atom is -0.390 e. The standard InChI is InChI=1S/C16H16N6O3/c23-12-14-11-20(19-18-14)8-9-21-15(17-10-16(21)22(24)25)7-6-13-4-2-1-3-5-13/h1-7,10-11,23H,8-9,12H2/b7-6+. The lowest BCUT2D eigenvalue weighted by Gasteiger charge is -2.03. The van der Waals surface area contributed by atoms with E-state index in [1.165, 1.54) is 15.4 Å². The molecular weight excluding hydrogens is 324 g/mol. The van der Waals surface area contributed by atoms with Gasteiger partial charge in [0.25, 0.3) is 0 Å². The zero-order valence-electron chi connectivity index (χ0n) is 13.3. The monoisotopic (exact) mass is 340 g/mol. The van der Waals surface area contributed by atoms with Crippen LogP contribution in [-0.2, 0) is 19.7 Å². The molecule has 9 nitrogen and oxygen atoms in total. The zero-order chi connectivity index (χ0) is 17.6. The molecule has 2 aromatic heterocycles. The van der Waals surface area contributed by atoms with Crippen molar-refractivity contribution in [1.82, 2.24) is 24.5 Å². The van der Waals surface area contributed by atoms with E-state index in [2.05, 4.69) is 15.3 Å². The van der Waals surface area contributed by atoms with Gasteiger partial charge in [-0.15, -0.1) is 5.10 Å². The smallest absolute Gasteiger partial charge is 0.343 e. The molecular formula is C16H16N6O3. The maximum absolute atomic E-state index is 11.2. The van der Waals surface area contributed by atoms with E-state index in [0.29, 0.717) is 24.6 Å². The lowest BCUT2D eigenvalue weighted by molar-refractivity contribution is -0.392. The Morgan fingerprint density at radius 1 is 1.20 bits per heavy atom. The van der Waals surface area contributed by atoms with Gasteiger partial charge in [-0.05, 0) is 16.6 Å². The van der Waals surface area contributed by atoms with E-state index in [0.717, 1.165) is 5.56 Å². The molecule has 128 valence electrons. The van der Waals surface area contributed by atoms with E-state index < -0.39 is 4.92 Å². The first-order valence-electron chi connectivity index (χ1n) is 7.60. The van der Waals surface area contributed by atoms with Crippen LogP contribution in [0.15, 0.2) is 42.7 Å². The topological polar surface area (TPSA) is 112 Å². The van der Waals surface area contributed by atoms with Crippen LogP contribution >= 0.6 is 0 Å². The minimum absolute atomic E-state index is 0.0878. The van der Waals surface area contributed by atoms with Crippen molar-refractivity contribution in [3.8, 4) is 0 Å². The molecule has 3 aromatic rings. The minimum atomic E-state index is -0.465. The van der Waals surface area contributed by atoms with E-state index in [9.17, 15) is 10.1 Å². The average Bonchev–Trinajstić information content (AvgIpc) is 3.25. The molecule has 25 heavy (non-hydrogen) atoms. The Balaban J connectivity index is 1.81. The van der Waals surface area contributed by atoms with E-state index in [4.69, 9.17) is 5.11 Å². The van der Waals surface area contributed by atoms with E-state index in [1.54, 1.807) is 12.3 Å². The van der Waals surface area contributed by atoms with Gasteiger partial charge < -0.3 is 15.2 Å². The Hall–Kier alpha value is -3.33. The third kappa shape index (κ3) is 3.96. The third-order valence-electron chi connectivity index (χ3n) is 3.58. The predicted molar refractivity (Wildman–Crippen MR) is 90.2 cm³/mol. The summed E-state index contributed by atoms with van der Waals surface area (Å²) in [6.45, 7) is 0.478. The van der Waals surface area contributed by atoms with E-state index in [-0.39, 0.29) is 12.4 Å². The number of aromatic nitrogens is 5. The van der Waals surface area contributed by atoms with Crippen molar-refractivity contribution < 1.29 is 10.0 Å². The third-order valence-corrected chi connectivity index (χ3v) is 3.58. The second kappa shape index (κ2) is 7.49. The Kier molecular flexibility index (Phi) is 4.95. The van der Waals surface area contributed by atoms with Crippen LogP contribution in [0.1, 0.15) is 17.1 Å². The highest BCUT2D eigenvalue weighted by Gasteiger charge is 2.18.